The maximum absolute atomic E-state index is 11.8. The molecule has 2 heterocycles. The van der Waals surface area contributed by atoms with Crippen molar-refractivity contribution in [3.63, 3.8) is 0 Å². The lowest BCUT2D eigenvalue weighted by Gasteiger charge is -2.24. The third-order valence-corrected chi connectivity index (χ3v) is 5.33. The van der Waals surface area contributed by atoms with Gasteiger partial charge in [-0.05, 0) is 25.0 Å². The van der Waals surface area contributed by atoms with Crippen LogP contribution in [0.1, 0.15) is 18.9 Å². The predicted octanol–water partition coefficient (Wildman–Crippen LogP) is 2.38. The number of benzene rings is 1. The van der Waals surface area contributed by atoms with Crippen molar-refractivity contribution in [1.82, 2.24) is 9.55 Å². The number of hydrogen-bond donors (Lipinski definition) is 1. The second kappa shape index (κ2) is 5.28. The lowest BCUT2D eigenvalue weighted by Crippen LogP contribution is -2.27. The molecule has 6 heteroatoms. The van der Waals surface area contributed by atoms with Crippen LogP contribution in [0, 0.1) is 0 Å². The number of nitrogens with zero attached hydrogens (tertiary/aromatic N) is 2. The molecule has 1 aromatic heterocycles. The van der Waals surface area contributed by atoms with Crippen LogP contribution in [0.15, 0.2) is 42.7 Å². The molecule has 0 amide bonds. The predicted molar refractivity (Wildman–Crippen MR) is 78.9 cm³/mol. The smallest absolute Gasteiger partial charge is 0.207 e. The first-order valence-corrected chi connectivity index (χ1v) is 8.51. The number of hydrogen-bond acceptors (Lipinski definition) is 4. The number of rotatable bonds is 3. The summed E-state index contributed by atoms with van der Waals surface area (Å²) < 4.78 is 25.5. The van der Waals surface area contributed by atoms with Gasteiger partial charge in [-0.15, -0.1) is 0 Å². The van der Waals surface area contributed by atoms with Crippen molar-refractivity contribution >= 4 is 21.5 Å². The highest BCUT2D eigenvalue weighted by Gasteiger charge is 2.27. The van der Waals surface area contributed by atoms with Gasteiger partial charge in [-0.3, -0.25) is 0 Å². The van der Waals surface area contributed by atoms with E-state index in [1.54, 1.807) is 6.20 Å². The van der Waals surface area contributed by atoms with E-state index >= 15 is 0 Å². The molecule has 0 bridgehead atoms. The van der Waals surface area contributed by atoms with E-state index in [-0.39, 0.29) is 11.8 Å². The lowest BCUT2D eigenvalue weighted by atomic mass is 10.2. The Bertz CT molecular complexity index is 679. The van der Waals surface area contributed by atoms with Crippen molar-refractivity contribution in [2.75, 3.05) is 16.8 Å². The summed E-state index contributed by atoms with van der Waals surface area (Å²) in [4.78, 5) is 4.29. The summed E-state index contributed by atoms with van der Waals surface area (Å²) in [6, 6.07) is 9.72. The van der Waals surface area contributed by atoms with Crippen LogP contribution in [0.25, 0.3) is 0 Å². The minimum Gasteiger partial charge on any atom is -0.326 e. The van der Waals surface area contributed by atoms with Crippen molar-refractivity contribution in [2.24, 2.45) is 0 Å². The standard InChI is InChI=1S/C14H17N3O2S/c18-20(19)10-4-7-13(11-20)17-9-8-15-14(17)16-12-5-2-1-3-6-12/h1-3,5-6,8-9,13H,4,7,10-11H2,(H,15,16). The van der Waals surface area contributed by atoms with Gasteiger partial charge in [0.15, 0.2) is 9.84 Å². The number of para-hydroxylation sites is 1. The fourth-order valence-corrected chi connectivity index (χ4v) is 4.26. The molecular formula is C14H17N3O2S. The van der Waals surface area contributed by atoms with E-state index in [2.05, 4.69) is 10.3 Å². The fraction of sp³-hybridized carbons (Fsp3) is 0.357. The number of aromatic nitrogens is 2. The first kappa shape index (κ1) is 13.2. The first-order chi connectivity index (χ1) is 9.64. The Hall–Kier alpha value is -1.82. The topological polar surface area (TPSA) is 64.0 Å². The molecule has 0 spiro atoms. The van der Waals surface area contributed by atoms with Crippen molar-refractivity contribution < 1.29 is 8.42 Å². The highest BCUT2D eigenvalue weighted by atomic mass is 32.2. The van der Waals surface area contributed by atoms with E-state index in [0.29, 0.717) is 11.7 Å². The second-order valence-corrected chi connectivity index (χ2v) is 7.29. The molecule has 1 unspecified atom stereocenters. The number of anilines is 2. The van der Waals surface area contributed by atoms with E-state index in [1.165, 1.54) is 0 Å². The Morgan fingerprint density at radius 3 is 2.80 bits per heavy atom. The average Bonchev–Trinajstić information content (AvgIpc) is 2.87. The van der Waals surface area contributed by atoms with Crippen LogP contribution in [0.5, 0.6) is 0 Å². The fourth-order valence-electron chi connectivity index (χ4n) is 2.57. The Labute approximate surface area is 118 Å². The largest absolute Gasteiger partial charge is 0.326 e. The summed E-state index contributed by atoms with van der Waals surface area (Å²) in [7, 11) is -2.92. The number of imidazole rings is 1. The monoisotopic (exact) mass is 291 g/mol. The summed E-state index contributed by atoms with van der Waals surface area (Å²) in [5.74, 6) is 1.20. The molecule has 106 valence electrons. The third kappa shape index (κ3) is 2.85. The van der Waals surface area contributed by atoms with Crippen LogP contribution >= 0.6 is 0 Å². The van der Waals surface area contributed by atoms with E-state index in [1.807, 2.05) is 41.1 Å². The zero-order valence-electron chi connectivity index (χ0n) is 11.1. The van der Waals surface area contributed by atoms with Gasteiger partial charge in [0, 0.05) is 18.1 Å². The van der Waals surface area contributed by atoms with E-state index in [9.17, 15) is 8.42 Å². The second-order valence-electron chi connectivity index (χ2n) is 5.06. The van der Waals surface area contributed by atoms with Gasteiger partial charge in [0.2, 0.25) is 5.95 Å². The zero-order valence-corrected chi connectivity index (χ0v) is 11.9. The van der Waals surface area contributed by atoms with Crippen LogP contribution in [0.4, 0.5) is 11.6 Å². The van der Waals surface area contributed by atoms with Crippen molar-refractivity contribution in [2.45, 2.75) is 18.9 Å². The van der Waals surface area contributed by atoms with E-state index in [4.69, 9.17) is 0 Å². The molecule has 0 aliphatic carbocycles. The minimum absolute atomic E-state index is 0.0255. The molecule has 0 radical (unpaired) electrons. The van der Waals surface area contributed by atoms with Crippen LogP contribution in [0.3, 0.4) is 0 Å². The van der Waals surface area contributed by atoms with Crippen LogP contribution in [-0.2, 0) is 9.84 Å². The van der Waals surface area contributed by atoms with Gasteiger partial charge in [0.05, 0.1) is 17.5 Å². The van der Waals surface area contributed by atoms with Gasteiger partial charge >= 0.3 is 0 Å². The Morgan fingerprint density at radius 2 is 2.05 bits per heavy atom. The molecule has 0 saturated carbocycles. The molecule has 20 heavy (non-hydrogen) atoms. The highest BCUT2D eigenvalue weighted by molar-refractivity contribution is 7.91. The third-order valence-electron chi connectivity index (χ3n) is 3.53. The molecule has 1 atom stereocenters. The van der Waals surface area contributed by atoms with Crippen molar-refractivity contribution in [3.05, 3.63) is 42.7 Å². The zero-order chi connectivity index (χ0) is 14.0. The Balaban J connectivity index is 1.83. The molecule has 1 aliphatic heterocycles. The van der Waals surface area contributed by atoms with Gasteiger partial charge < -0.3 is 9.88 Å². The normalized spacial score (nSPS) is 21.5. The molecule has 1 aliphatic rings. The molecule has 5 nitrogen and oxygen atoms in total. The van der Waals surface area contributed by atoms with Crippen molar-refractivity contribution in [1.29, 1.82) is 0 Å². The van der Waals surface area contributed by atoms with E-state index in [0.717, 1.165) is 18.5 Å². The first-order valence-electron chi connectivity index (χ1n) is 6.69. The highest BCUT2D eigenvalue weighted by Crippen LogP contribution is 2.27. The minimum atomic E-state index is -2.92. The SMILES string of the molecule is O=S1(=O)CCCC(n2ccnc2Nc2ccccc2)C1. The summed E-state index contributed by atoms with van der Waals surface area (Å²) in [5, 5.41) is 3.23. The van der Waals surface area contributed by atoms with Gasteiger partial charge in [0.25, 0.3) is 0 Å². The quantitative estimate of drug-likeness (QED) is 0.943. The summed E-state index contributed by atoms with van der Waals surface area (Å²) in [6.45, 7) is 0. The van der Waals surface area contributed by atoms with Gasteiger partial charge in [0.1, 0.15) is 0 Å². The van der Waals surface area contributed by atoms with Crippen LogP contribution < -0.4 is 5.32 Å². The molecule has 1 fully saturated rings. The molecule has 1 saturated heterocycles. The van der Waals surface area contributed by atoms with Gasteiger partial charge in [-0.25, -0.2) is 13.4 Å². The van der Waals surface area contributed by atoms with E-state index < -0.39 is 9.84 Å². The molecule has 1 aromatic carbocycles. The lowest BCUT2D eigenvalue weighted by molar-refractivity contribution is 0.474. The maximum atomic E-state index is 11.8. The summed E-state index contributed by atoms with van der Waals surface area (Å²) in [6.07, 6.45) is 5.14. The summed E-state index contributed by atoms with van der Waals surface area (Å²) >= 11 is 0. The average molecular weight is 291 g/mol. The van der Waals surface area contributed by atoms with Gasteiger partial charge in [-0.1, -0.05) is 18.2 Å². The number of nitrogens with one attached hydrogen (secondary N) is 1. The van der Waals surface area contributed by atoms with Crippen molar-refractivity contribution in [3.8, 4) is 0 Å². The van der Waals surface area contributed by atoms with Gasteiger partial charge in [-0.2, -0.15) is 0 Å². The molecular weight excluding hydrogens is 274 g/mol. The molecule has 3 rings (SSSR count). The summed E-state index contributed by atoms with van der Waals surface area (Å²) in [5.41, 5.74) is 0.943. The van der Waals surface area contributed by atoms with Crippen LogP contribution in [0.2, 0.25) is 0 Å². The Morgan fingerprint density at radius 1 is 1.25 bits per heavy atom. The molecule has 1 N–H and O–H groups in total. The molecule has 2 aromatic rings. The maximum Gasteiger partial charge on any atom is 0.207 e. The Kier molecular flexibility index (Phi) is 3.48. The number of sulfone groups is 1. The van der Waals surface area contributed by atoms with Crippen LogP contribution in [-0.4, -0.2) is 29.5 Å².